The Hall–Kier alpha value is -2.90. The highest BCUT2D eigenvalue weighted by Crippen LogP contribution is 2.48. The van der Waals surface area contributed by atoms with E-state index in [1.165, 1.54) is 0 Å². The number of carbonyl (C=O) groups is 2. The number of fused-ring (bicyclic) bond motifs is 2. The normalized spacial score (nSPS) is 26.1. The number of aliphatic hydroxyl groups is 1. The molecule has 2 aliphatic heterocycles. The van der Waals surface area contributed by atoms with Crippen molar-refractivity contribution in [1.29, 1.82) is 0 Å². The Morgan fingerprint density at radius 3 is 2.66 bits per heavy atom. The fourth-order valence-electron chi connectivity index (χ4n) is 4.33. The molecule has 1 saturated heterocycles. The van der Waals surface area contributed by atoms with Crippen molar-refractivity contribution in [2.24, 2.45) is 5.92 Å². The van der Waals surface area contributed by atoms with Crippen LogP contribution in [0.15, 0.2) is 42.5 Å². The highest BCUT2D eigenvalue weighted by Gasteiger charge is 2.60. The summed E-state index contributed by atoms with van der Waals surface area (Å²) in [4.78, 5) is 26.4. The Bertz CT molecular complexity index is 957. The number of ether oxygens (including phenoxy) is 1. The van der Waals surface area contributed by atoms with Gasteiger partial charge in [-0.05, 0) is 50.6 Å². The Balaban J connectivity index is 1.71. The van der Waals surface area contributed by atoms with Crippen molar-refractivity contribution in [3.63, 3.8) is 0 Å². The minimum absolute atomic E-state index is 0.267. The van der Waals surface area contributed by atoms with Gasteiger partial charge in [-0.3, -0.25) is 14.9 Å². The number of carbonyl (C=O) groups excluding carboxylic acids is 2. The molecule has 7 heteroatoms. The van der Waals surface area contributed by atoms with Gasteiger partial charge in [-0.1, -0.05) is 17.7 Å². The van der Waals surface area contributed by atoms with Crippen LogP contribution in [0, 0.1) is 12.8 Å². The molecule has 4 N–H and O–H groups in total. The fraction of sp³-hybridized carbons (Fsp3) is 0.364. The molecule has 1 spiro atoms. The Labute approximate surface area is 169 Å². The van der Waals surface area contributed by atoms with Gasteiger partial charge < -0.3 is 20.5 Å². The molecule has 4 rings (SSSR count). The average Bonchev–Trinajstić information content (AvgIpc) is 3.23. The maximum absolute atomic E-state index is 13.3. The van der Waals surface area contributed by atoms with E-state index >= 15 is 0 Å². The molecule has 2 heterocycles. The molecule has 2 aromatic carbocycles. The standard InChI is InChI=1S/C22H25N3O4/c1-12-4-9-18-16(10-12)22(21(28)24-18)17(11-19(25-22)13(2)26)20(27)23-14-5-7-15(29-3)8-6-14/h4-10,13,17,19,25-26H,11H2,1-3H3,(H,23,27)(H,24,28)/t13-,17+,19-,22-/m1/s1. The van der Waals surface area contributed by atoms with Crippen LogP contribution in [-0.2, 0) is 15.1 Å². The lowest BCUT2D eigenvalue weighted by atomic mass is 9.79. The third kappa shape index (κ3) is 3.16. The highest BCUT2D eigenvalue weighted by molar-refractivity contribution is 6.10. The molecule has 152 valence electrons. The van der Waals surface area contributed by atoms with Crippen molar-refractivity contribution in [2.75, 3.05) is 17.7 Å². The fourth-order valence-corrected chi connectivity index (χ4v) is 4.33. The van der Waals surface area contributed by atoms with Crippen LogP contribution in [0.3, 0.4) is 0 Å². The second kappa shape index (κ2) is 7.17. The molecule has 0 radical (unpaired) electrons. The molecule has 0 saturated carbocycles. The minimum Gasteiger partial charge on any atom is -0.497 e. The zero-order valence-electron chi connectivity index (χ0n) is 16.7. The zero-order chi connectivity index (χ0) is 20.8. The third-order valence-electron chi connectivity index (χ3n) is 5.89. The van der Waals surface area contributed by atoms with E-state index < -0.39 is 17.6 Å². The molecule has 0 bridgehead atoms. The first kappa shape index (κ1) is 19.4. The number of rotatable bonds is 4. The van der Waals surface area contributed by atoms with Gasteiger partial charge in [-0.2, -0.15) is 0 Å². The molecule has 0 unspecified atom stereocenters. The van der Waals surface area contributed by atoms with E-state index in [0.717, 1.165) is 11.1 Å². The first-order valence-corrected chi connectivity index (χ1v) is 9.68. The molecular formula is C22H25N3O4. The molecular weight excluding hydrogens is 370 g/mol. The topological polar surface area (TPSA) is 99.7 Å². The van der Waals surface area contributed by atoms with Gasteiger partial charge in [0.15, 0.2) is 0 Å². The van der Waals surface area contributed by atoms with Crippen LogP contribution < -0.4 is 20.7 Å². The first-order valence-electron chi connectivity index (χ1n) is 9.68. The lowest BCUT2D eigenvalue weighted by Crippen LogP contribution is -2.53. The summed E-state index contributed by atoms with van der Waals surface area (Å²) >= 11 is 0. The number of hydrogen-bond donors (Lipinski definition) is 4. The quantitative estimate of drug-likeness (QED) is 0.636. The average molecular weight is 395 g/mol. The largest absolute Gasteiger partial charge is 0.497 e. The summed E-state index contributed by atoms with van der Waals surface area (Å²) < 4.78 is 5.15. The number of benzene rings is 2. The summed E-state index contributed by atoms with van der Waals surface area (Å²) in [5.74, 6) is -0.519. The van der Waals surface area contributed by atoms with Crippen LogP contribution >= 0.6 is 0 Å². The van der Waals surface area contributed by atoms with Crippen LogP contribution in [0.25, 0.3) is 0 Å². The summed E-state index contributed by atoms with van der Waals surface area (Å²) in [5.41, 5.74) is 1.85. The molecule has 4 atom stereocenters. The van der Waals surface area contributed by atoms with Gasteiger partial charge in [0.1, 0.15) is 11.3 Å². The molecule has 2 aliphatic rings. The second-order valence-electron chi connectivity index (χ2n) is 7.81. The van der Waals surface area contributed by atoms with E-state index in [9.17, 15) is 14.7 Å². The molecule has 0 aliphatic carbocycles. The van der Waals surface area contributed by atoms with E-state index in [2.05, 4.69) is 16.0 Å². The predicted molar refractivity (Wildman–Crippen MR) is 110 cm³/mol. The smallest absolute Gasteiger partial charge is 0.250 e. The Morgan fingerprint density at radius 1 is 1.28 bits per heavy atom. The number of nitrogens with one attached hydrogen (secondary N) is 3. The lowest BCUT2D eigenvalue weighted by molar-refractivity contribution is -0.130. The summed E-state index contributed by atoms with van der Waals surface area (Å²) in [6, 6.07) is 12.4. The Kier molecular flexibility index (Phi) is 4.80. The Morgan fingerprint density at radius 2 is 2.00 bits per heavy atom. The molecule has 2 amide bonds. The van der Waals surface area contributed by atoms with Gasteiger partial charge in [-0.25, -0.2) is 0 Å². The van der Waals surface area contributed by atoms with Gasteiger partial charge in [0.2, 0.25) is 11.8 Å². The van der Waals surface area contributed by atoms with Crippen molar-refractivity contribution in [3.05, 3.63) is 53.6 Å². The van der Waals surface area contributed by atoms with Crippen LogP contribution in [0.2, 0.25) is 0 Å². The van der Waals surface area contributed by atoms with Gasteiger partial charge in [-0.15, -0.1) is 0 Å². The van der Waals surface area contributed by atoms with E-state index in [4.69, 9.17) is 4.74 Å². The number of anilines is 2. The van der Waals surface area contributed by atoms with Crippen LogP contribution in [0.5, 0.6) is 5.75 Å². The van der Waals surface area contributed by atoms with E-state index in [0.29, 0.717) is 23.5 Å². The van der Waals surface area contributed by atoms with Crippen molar-refractivity contribution in [2.45, 2.75) is 38.0 Å². The predicted octanol–water partition coefficient (Wildman–Crippen LogP) is 2.15. The molecule has 29 heavy (non-hydrogen) atoms. The molecule has 7 nitrogen and oxygen atoms in total. The number of amides is 2. The van der Waals surface area contributed by atoms with Crippen LogP contribution in [-0.4, -0.2) is 36.2 Å². The monoisotopic (exact) mass is 395 g/mol. The van der Waals surface area contributed by atoms with E-state index in [1.54, 1.807) is 38.3 Å². The number of aryl methyl sites for hydroxylation is 1. The summed E-state index contributed by atoms with van der Waals surface area (Å²) in [6.45, 7) is 3.61. The number of methoxy groups -OCH3 is 1. The van der Waals surface area contributed by atoms with E-state index in [-0.39, 0.29) is 17.9 Å². The lowest BCUT2D eigenvalue weighted by Gasteiger charge is -2.29. The number of hydrogen-bond acceptors (Lipinski definition) is 5. The summed E-state index contributed by atoms with van der Waals surface area (Å²) in [5, 5.41) is 19.3. The van der Waals surface area contributed by atoms with Gasteiger partial charge in [0, 0.05) is 23.0 Å². The van der Waals surface area contributed by atoms with Crippen molar-refractivity contribution in [3.8, 4) is 5.75 Å². The summed E-state index contributed by atoms with van der Waals surface area (Å²) in [6.07, 6.45) is -0.354. The second-order valence-corrected chi connectivity index (χ2v) is 7.81. The minimum atomic E-state index is -1.21. The number of aliphatic hydroxyl groups excluding tert-OH is 1. The maximum Gasteiger partial charge on any atom is 0.250 e. The molecule has 1 fully saturated rings. The SMILES string of the molecule is COc1ccc(NC(=O)[C@@H]2C[C@H]([C@@H](C)O)N[C@@]23C(=O)Nc2ccc(C)cc23)cc1. The van der Waals surface area contributed by atoms with Gasteiger partial charge in [0.05, 0.1) is 19.1 Å². The van der Waals surface area contributed by atoms with Crippen molar-refractivity contribution in [1.82, 2.24) is 5.32 Å². The van der Waals surface area contributed by atoms with Gasteiger partial charge >= 0.3 is 0 Å². The molecule has 0 aromatic heterocycles. The van der Waals surface area contributed by atoms with Crippen molar-refractivity contribution >= 4 is 23.2 Å². The van der Waals surface area contributed by atoms with Crippen molar-refractivity contribution < 1.29 is 19.4 Å². The highest BCUT2D eigenvalue weighted by atomic mass is 16.5. The van der Waals surface area contributed by atoms with Crippen LogP contribution in [0.4, 0.5) is 11.4 Å². The summed E-state index contributed by atoms with van der Waals surface area (Å²) in [7, 11) is 1.58. The molecule has 2 aromatic rings. The third-order valence-corrected chi connectivity index (χ3v) is 5.89. The van der Waals surface area contributed by atoms with E-state index in [1.807, 2.05) is 25.1 Å². The van der Waals surface area contributed by atoms with Crippen LogP contribution in [0.1, 0.15) is 24.5 Å². The first-order chi connectivity index (χ1) is 13.8. The van der Waals surface area contributed by atoms with Gasteiger partial charge in [0.25, 0.3) is 0 Å². The zero-order valence-corrected chi connectivity index (χ0v) is 16.7. The maximum atomic E-state index is 13.3.